The van der Waals surface area contributed by atoms with Crippen LogP contribution in [0.5, 0.6) is 0 Å². The Morgan fingerprint density at radius 3 is 2.81 bits per heavy atom. The van der Waals surface area contributed by atoms with E-state index >= 15 is 0 Å². The number of rotatable bonds is 4. The molecule has 1 aromatic carbocycles. The molecule has 1 aliphatic heterocycles. The van der Waals surface area contributed by atoms with Crippen LogP contribution in [0.1, 0.15) is 51.2 Å². The molecule has 3 atom stereocenters. The maximum Gasteiger partial charge on any atom is 0.326 e. The van der Waals surface area contributed by atoms with Crippen molar-refractivity contribution in [2.45, 2.75) is 51.2 Å². The smallest absolute Gasteiger partial charge is 0.326 e. The van der Waals surface area contributed by atoms with Gasteiger partial charge in [0, 0.05) is 10.6 Å². The van der Waals surface area contributed by atoms with Crippen molar-refractivity contribution in [3.63, 3.8) is 0 Å². The Kier molecular flexibility index (Phi) is 5.23. The van der Waals surface area contributed by atoms with Crippen LogP contribution in [-0.2, 0) is 14.3 Å². The van der Waals surface area contributed by atoms with Gasteiger partial charge in [-0.15, -0.1) is 0 Å². The molecule has 0 bridgehead atoms. The summed E-state index contributed by atoms with van der Waals surface area (Å²) in [5, 5.41) is 3.32. The lowest BCUT2D eigenvalue weighted by molar-refractivity contribution is -0.152. The Hall–Kier alpha value is -2.08. The zero-order valence-corrected chi connectivity index (χ0v) is 15.7. The first-order valence-electron chi connectivity index (χ1n) is 8.93. The number of nitrogens with one attached hydrogen (secondary N) is 1. The summed E-state index contributed by atoms with van der Waals surface area (Å²) in [6.07, 6.45) is 2.86. The first-order chi connectivity index (χ1) is 12.3. The summed E-state index contributed by atoms with van der Waals surface area (Å²) in [6.45, 7) is 3.28. The molecule has 1 heterocycles. The standard InChI is InChI=1S/C19H23ClN2O4/c1-12-7-5-6-10-19(12)17(24)22(18(25)21-19)11-16(23)26-13(2)14-8-3-4-9-15(14)20/h3-4,8-9,12-13H,5-7,10-11H2,1-2H3,(H,21,25)/t12-,13-,19-/m0/s1. The van der Waals surface area contributed by atoms with Crippen LogP contribution in [-0.4, -0.2) is 34.9 Å². The lowest BCUT2D eigenvalue weighted by atomic mass is 9.73. The summed E-state index contributed by atoms with van der Waals surface area (Å²) in [4.78, 5) is 38.5. The van der Waals surface area contributed by atoms with Crippen LogP contribution in [0.4, 0.5) is 4.79 Å². The van der Waals surface area contributed by atoms with Gasteiger partial charge in [-0.3, -0.25) is 14.5 Å². The molecular weight excluding hydrogens is 356 g/mol. The minimum atomic E-state index is -0.871. The Labute approximate surface area is 157 Å². The number of benzene rings is 1. The van der Waals surface area contributed by atoms with Crippen LogP contribution in [0.2, 0.25) is 5.02 Å². The molecule has 2 fully saturated rings. The maximum atomic E-state index is 12.9. The number of nitrogens with zero attached hydrogens (tertiary/aromatic N) is 1. The van der Waals surface area contributed by atoms with E-state index in [1.54, 1.807) is 31.2 Å². The SMILES string of the molecule is C[C@H](OC(=O)CN1C(=O)N[C@]2(CCCC[C@@H]2C)C1=O)c1ccccc1Cl. The topological polar surface area (TPSA) is 75.7 Å². The predicted molar refractivity (Wildman–Crippen MR) is 96.6 cm³/mol. The average molecular weight is 379 g/mol. The summed E-state index contributed by atoms with van der Waals surface area (Å²) < 4.78 is 5.38. The van der Waals surface area contributed by atoms with Crippen molar-refractivity contribution in [2.75, 3.05) is 6.54 Å². The number of hydrogen-bond acceptors (Lipinski definition) is 4. The van der Waals surface area contributed by atoms with Gasteiger partial charge in [0.2, 0.25) is 0 Å². The van der Waals surface area contributed by atoms with Crippen molar-refractivity contribution in [1.29, 1.82) is 0 Å². The Morgan fingerprint density at radius 2 is 2.12 bits per heavy atom. The van der Waals surface area contributed by atoms with E-state index in [2.05, 4.69) is 5.32 Å². The minimum Gasteiger partial charge on any atom is -0.456 e. The number of esters is 1. The van der Waals surface area contributed by atoms with E-state index in [0.29, 0.717) is 17.0 Å². The molecule has 3 rings (SSSR count). The van der Waals surface area contributed by atoms with E-state index in [1.807, 2.05) is 6.92 Å². The molecule has 1 spiro atoms. The zero-order chi connectivity index (χ0) is 18.9. The molecule has 2 aliphatic rings. The summed E-state index contributed by atoms with van der Waals surface area (Å²) in [7, 11) is 0. The average Bonchev–Trinajstić information content (AvgIpc) is 2.83. The van der Waals surface area contributed by atoms with Crippen molar-refractivity contribution >= 4 is 29.5 Å². The van der Waals surface area contributed by atoms with Crippen LogP contribution in [0.15, 0.2) is 24.3 Å². The molecule has 1 aliphatic carbocycles. The molecule has 26 heavy (non-hydrogen) atoms. The number of hydrogen-bond donors (Lipinski definition) is 1. The first kappa shape index (κ1) is 18.7. The highest BCUT2D eigenvalue weighted by atomic mass is 35.5. The number of carbonyl (C=O) groups is 3. The number of carbonyl (C=O) groups excluding carboxylic acids is 3. The van der Waals surface area contributed by atoms with Crippen molar-refractivity contribution in [2.24, 2.45) is 5.92 Å². The predicted octanol–water partition coefficient (Wildman–Crippen LogP) is 3.44. The van der Waals surface area contributed by atoms with Gasteiger partial charge in [0.05, 0.1) is 0 Å². The monoisotopic (exact) mass is 378 g/mol. The summed E-state index contributed by atoms with van der Waals surface area (Å²) in [6, 6.07) is 6.56. The lowest BCUT2D eigenvalue weighted by Gasteiger charge is -2.36. The second-order valence-electron chi connectivity index (χ2n) is 7.09. The fourth-order valence-corrected chi connectivity index (χ4v) is 4.16. The van der Waals surface area contributed by atoms with E-state index in [-0.39, 0.29) is 11.8 Å². The molecule has 6 nitrogen and oxygen atoms in total. The Morgan fingerprint density at radius 1 is 1.38 bits per heavy atom. The third-order valence-electron chi connectivity index (χ3n) is 5.44. The van der Waals surface area contributed by atoms with Gasteiger partial charge in [-0.05, 0) is 31.7 Å². The molecule has 1 aromatic rings. The van der Waals surface area contributed by atoms with Gasteiger partial charge in [0.15, 0.2) is 0 Å². The highest BCUT2D eigenvalue weighted by Crippen LogP contribution is 2.38. The van der Waals surface area contributed by atoms with E-state index in [4.69, 9.17) is 16.3 Å². The molecule has 1 N–H and O–H groups in total. The highest BCUT2D eigenvalue weighted by Gasteiger charge is 2.55. The molecule has 1 saturated carbocycles. The third kappa shape index (κ3) is 3.30. The molecule has 140 valence electrons. The molecular formula is C19H23ClN2O4. The second kappa shape index (κ2) is 7.27. The van der Waals surface area contributed by atoms with Gasteiger partial charge < -0.3 is 10.1 Å². The Balaban J connectivity index is 1.67. The molecule has 7 heteroatoms. The van der Waals surface area contributed by atoms with Crippen molar-refractivity contribution in [1.82, 2.24) is 10.2 Å². The number of urea groups is 1. The first-order valence-corrected chi connectivity index (χ1v) is 9.31. The van der Waals surface area contributed by atoms with Gasteiger partial charge >= 0.3 is 12.0 Å². The van der Waals surface area contributed by atoms with Crippen LogP contribution < -0.4 is 5.32 Å². The molecule has 3 amide bonds. The quantitative estimate of drug-likeness (QED) is 0.643. The molecule has 1 saturated heterocycles. The fourth-order valence-electron chi connectivity index (χ4n) is 3.87. The van der Waals surface area contributed by atoms with Gasteiger partial charge in [0.1, 0.15) is 18.2 Å². The minimum absolute atomic E-state index is 0.0516. The number of imide groups is 1. The van der Waals surface area contributed by atoms with Crippen molar-refractivity contribution in [3.05, 3.63) is 34.9 Å². The normalized spacial score (nSPS) is 26.7. The van der Waals surface area contributed by atoms with Crippen molar-refractivity contribution < 1.29 is 19.1 Å². The Bertz CT molecular complexity index is 738. The summed E-state index contributed by atoms with van der Waals surface area (Å²) in [5.41, 5.74) is -0.193. The summed E-state index contributed by atoms with van der Waals surface area (Å²) >= 11 is 6.11. The van der Waals surface area contributed by atoms with Gasteiger partial charge in [-0.2, -0.15) is 0 Å². The lowest BCUT2D eigenvalue weighted by Crippen LogP contribution is -2.54. The zero-order valence-electron chi connectivity index (χ0n) is 15.0. The van der Waals surface area contributed by atoms with E-state index in [9.17, 15) is 14.4 Å². The number of amides is 3. The van der Waals surface area contributed by atoms with Gasteiger partial charge in [-0.25, -0.2) is 4.79 Å². The van der Waals surface area contributed by atoms with Crippen LogP contribution in [0.3, 0.4) is 0 Å². The second-order valence-corrected chi connectivity index (χ2v) is 7.50. The van der Waals surface area contributed by atoms with E-state index in [0.717, 1.165) is 24.2 Å². The van der Waals surface area contributed by atoms with E-state index in [1.165, 1.54) is 0 Å². The maximum absolute atomic E-state index is 12.9. The van der Waals surface area contributed by atoms with Gasteiger partial charge in [0.25, 0.3) is 5.91 Å². The number of ether oxygens (including phenoxy) is 1. The molecule has 0 unspecified atom stereocenters. The fraction of sp³-hybridized carbons (Fsp3) is 0.526. The largest absolute Gasteiger partial charge is 0.456 e. The van der Waals surface area contributed by atoms with Crippen LogP contribution >= 0.6 is 11.6 Å². The number of halogens is 1. The molecule has 0 aromatic heterocycles. The summed E-state index contributed by atoms with van der Waals surface area (Å²) in [5.74, 6) is -0.908. The molecule has 0 radical (unpaired) electrons. The van der Waals surface area contributed by atoms with Gasteiger partial charge in [-0.1, -0.05) is 49.6 Å². The van der Waals surface area contributed by atoms with Crippen LogP contribution in [0, 0.1) is 5.92 Å². The highest BCUT2D eigenvalue weighted by molar-refractivity contribution is 6.31. The van der Waals surface area contributed by atoms with Crippen LogP contribution in [0.25, 0.3) is 0 Å². The van der Waals surface area contributed by atoms with E-state index < -0.39 is 30.2 Å². The third-order valence-corrected chi connectivity index (χ3v) is 5.78. The van der Waals surface area contributed by atoms with Crippen molar-refractivity contribution in [3.8, 4) is 0 Å².